The summed E-state index contributed by atoms with van der Waals surface area (Å²) in [5.41, 5.74) is 5.07. The van der Waals surface area contributed by atoms with Crippen LogP contribution in [0.3, 0.4) is 0 Å². The van der Waals surface area contributed by atoms with Crippen molar-refractivity contribution in [3.05, 3.63) is 103 Å². The van der Waals surface area contributed by atoms with Crippen LogP contribution in [0.1, 0.15) is 5.56 Å². The molecule has 5 rings (SSSR count). The largest absolute Gasteiger partial charge is 0.316 e. The summed E-state index contributed by atoms with van der Waals surface area (Å²) in [6.45, 7) is 4.17. The van der Waals surface area contributed by atoms with Crippen LogP contribution in [0.5, 0.6) is 0 Å². The Hall–Kier alpha value is -3.59. The zero-order valence-corrected chi connectivity index (χ0v) is 14.6. The van der Waals surface area contributed by atoms with Gasteiger partial charge in [-0.25, -0.2) is 0 Å². The number of hydrogen-bond donors (Lipinski definition) is 0. The van der Waals surface area contributed by atoms with Gasteiger partial charge in [0.1, 0.15) is 0 Å². The average Bonchev–Trinajstić information content (AvgIpc) is 2.99. The van der Waals surface area contributed by atoms with Gasteiger partial charge in [-0.3, -0.25) is 0 Å². The van der Waals surface area contributed by atoms with E-state index in [1.807, 2.05) is 73.0 Å². The number of fused-ring (bicyclic) bond motifs is 4. The van der Waals surface area contributed by atoms with E-state index in [0.717, 1.165) is 38.1 Å². The minimum atomic E-state index is 0.566. The molecule has 0 unspecified atom stereocenters. The van der Waals surface area contributed by atoms with Crippen LogP contribution in [-0.2, 0) is 0 Å². The minimum absolute atomic E-state index is 0.566. The van der Waals surface area contributed by atoms with Gasteiger partial charge in [-0.1, -0.05) is 65.7 Å². The first kappa shape index (κ1) is 15.6. The number of aromatic nitrogens is 1. The van der Waals surface area contributed by atoms with Gasteiger partial charge in [-0.05, 0) is 35.9 Å². The number of benzene rings is 3. The smallest absolute Gasteiger partial charge is 0.0847 e. The molecule has 27 heavy (non-hydrogen) atoms. The Balaban J connectivity index is 1.75. The molecular formula is C24H17FN2. The van der Waals surface area contributed by atoms with Crippen LogP contribution < -0.4 is 4.90 Å². The Morgan fingerprint density at radius 1 is 0.778 bits per heavy atom. The summed E-state index contributed by atoms with van der Waals surface area (Å²) in [5.74, 6) is 0. The standard InChI is InChI=1S/C24H17FN2/c1-17-8-6-7-15-26(22-11-4-2-9-19(17)22)18-13-14-21-20-10-3-5-12-23(20)27(25)24(21)16-18/h2-16H,1H2/b8-6-,15-7-. The highest BCUT2D eigenvalue weighted by Crippen LogP contribution is 2.37. The maximum atomic E-state index is 14.9. The van der Waals surface area contributed by atoms with Gasteiger partial charge < -0.3 is 4.90 Å². The normalized spacial score (nSPS) is 16.2. The zero-order chi connectivity index (χ0) is 18.4. The molecule has 0 N–H and O–H groups in total. The molecule has 0 amide bonds. The summed E-state index contributed by atoms with van der Waals surface area (Å²) in [5, 5.41) is 1.83. The first-order valence-corrected chi connectivity index (χ1v) is 8.86. The molecule has 3 aromatic carbocycles. The van der Waals surface area contributed by atoms with Crippen molar-refractivity contribution in [1.82, 2.24) is 4.79 Å². The number of halogens is 1. The van der Waals surface area contributed by atoms with Crippen LogP contribution in [0.15, 0.2) is 97.7 Å². The predicted molar refractivity (Wildman–Crippen MR) is 112 cm³/mol. The number of rotatable bonds is 1. The molecule has 0 spiro atoms. The zero-order valence-electron chi connectivity index (χ0n) is 14.6. The highest BCUT2D eigenvalue weighted by molar-refractivity contribution is 6.08. The van der Waals surface area contributed by atoms with Gasteiger partial charge in [-0.2, -0.15) is 4.79 Å². The fourth-order valence-corrected chi connectivity index (χ4v) is 3.72. The van der Waals surface area contributed by atoms with E-state index in [0.29, 0.717) is 11.0 Å². The number of para-hydroxylation sites is 2. The fraction of sp³-hybridized carbons (Fsp3) is 0. The maximum Gasteiger partial charge on any atom is 0.0847 e. The van der Waals surface area contributed by atoms with Crippen molar-refractivity contribution < 1.29 is 4.48 Å². The van der Waals surface area contributed by atoms with E-state index in [1.54, 1.807) is 6.07 Å². The Morgan fingerprint density at radius 2 is 1.56 bits per heavy atom. The lowest BCUT2D eigenvalue weighted by Gasteiger charge is -2.25. The second-order valence-electron chi connectivity index (χ2n) is 6.61. The lowest BCUT2D eigenvalue weighted by atomic mass is 10.0. The van der Waals surface area contributed by atoms with Crippen LogP contribution in [0, 0.1) is 0 Å². The molecule has 0 atom stereocenters. The molecule has 1 aliphatic heterocycles. The second-order valence-corrected chi connectivity index (χ2v) is 6.61. The summed E-state index contributed by atoms with van der Waals surface area (Å²) in [4.78, 5) is 2.84. The van der Waals surface area contributed by atoms with Crippen molar-refractivity contribution in [2.45, 2.75) is 0 Å². The molecule has 0 saturated carbocycles. The van der Waals surface area contributed by atoms with Gasteiger partial charge in [0.25, 0.3) is 0 Å². The molecule has 0 saturated heterocycles. The number of allylic oxidation sites excluding steroid dienone is 4. The molecule has 2 heterocycles. The molecule has 0 bridgehead atoms. The van der Waals surface area contributed by atoms with Gasteiger partial charge in [0.2, 0.25) is 0 Å². The lowest BCUT2D eigenvalue weighted by Crippen LogP contribution is -2.11. The van der Waals surface area contributed by atoms with E-state index in [9.17, 15) is 4.48 Å². The highest BCUT2D eigenvalue weighted by atomic mass is 19.2. The van der Waals surface area contributed by atoms with E-state index in [4.69, 9.17) is 0 Å². The number of anilines is 2. The summed E-state index contributed by atoms with van der Waals surface area (Å²) < 4.78 is 14.9. The van der Waals surface area contributed by atoms with Crippen molar-refractivity contribution in [3.8, 4) is 0 Å². The van der Waals surface area contributed by atoms with Crippen molar-refractivity contribution in [3.63, 3.8) is 0 Å². The molecule has 2 nitrogen and oxygen atoms in total. The molecule has 0 fully saturated rings. The van der Waals surface area contributed by atoms with Crippen molar-refractivity contribution >= 4 is 38.8 Å². The van der Waals surface area contributed by atoms with E-state index in [2.05, 4.69) is 23.6 Å². The molecular weight excluding hydrogens is 335 g/mol. The third-order valence-electron chi connectivity index (χ3n) is 5.03. The van der Waals surface area contributed by atoms with E-state index >= 15 is 0 Å². The lowest BCUT2D eigenvalue weighted by molar-refractivity contribution is 0.405. The number of nitrogens with zero attached hydrogens (tertiary/aromatic N) is 2. The Labute approximate surface area is 156 Å². The highest BCUT2D eigenvalue weighted by Gasteiger charge is 2.16. The first-order valence-electron chi connectivity index (χ1n) is 8.86. The van der Waals surface area contributed by atoms with Gasteiger partial charge in [0.15, 0.2) is 0 Å². The van der Waals surface area contributed by atoms with Crippen LogP contribution in [0.4, 0.5) is 15.9 Å². The van der Waals surface area contributed by atoms with Crippen molar-refractivity contribution in [1.29, 1.82) is 0 Å². The molecule has 4 aromatic rings. The third kappa shape index (κ3) is 2.40. The van der Waals surface area contributed by atoms with Gasteiger partial charge in [0, 0.05) is 28.2 Å². The maximum absolute atomic E-state index is 14.9. The Kier molecular flexibility index (Phi) is 3.47. The monoisotopic (exact) mass is 352 g/mol. The molecule has 0 radical (unpaired) electrons. The van der Waals surface area contributed by atoms with Crippen LogP contribution in [-0.4, -0.2) is 4.79 Å². The second kappa shape index (κ2) is 5.99. The SMILES string of the molecule is C=C1/C=C\C=C/N(c2ccc3c4ccccc4n(F)c3c2)c2ccccc21. The minimum Gasteiger partial charge on any atom is -0.316 e. The molecule has 0 aliphatic carbocycles. The summed E-state index contributed by atoms with van der Waals surface area (Å²) in [7, 11) is 0. The van der Waals surface area contributed by atoms with Gasteiger partial charge in [0.05, 0.1) is 16.7 Å². The molecule has 3 heteroatoms. The summed E-state index contributed by atoms with van der Waals surface area (Å²) >= 11 is 0. The molecule has 130 valence electrons. The predicted octanol–water partition coefficient (Wildman–Crippen LogP) is 6.76. The molecule has 1 aliphatic rings. The van der Waals surface area contributed by atoms with E-state index in [-0.39, 0.29) is 0 Å². The Morgan fingerprint density at radius 3 is 2.48 bits per heavy atom. The van der Waals surface area contributed by atoms with Crippen LogP contribution in [0.25, 0.3) is 27.4 Å². The van der Waals surface area contributed by atoms with Gasteiger partial charge in [-0.15, -0.1) is 0 Å². The van der Waals surface area contributed by atoms with E-state index < -0.39 is 0 Å². The fourth-order valence-electron chi connectivity index (χ4n) is 3.72. The van der Waals surface area contributed by atoms with Crippen LogP contribution >= 0.6 is 0 Å². The van der Waals surface area contributed by atoms with E-state index in [1.165, 1.54) is 0 Å². The first-order chi connectivity index (χ1) is 13.2. The summed E-state index contributed by atoms with van der Waals surface area (Å²) in [6.07, 6.45) is 7.93. The average molecular weight is 352 g/mol. The van der Waals surface area contributed by atoms with Crippen molar-refractivity contribution in [2.75, 3.05) is 4.90 Å². The third-order valence-corrected chi connectivity index (χ3v) is 5.03. The topological polar surface area (TPSA) is 8.17 Å². The molecule has 1 aromatic heterocycles. The summed E-state index contributed by atoms with van der Waals surface area (Å²) in [6, 6.07) is 21.6. The number of hydrogen-bond acceptors (Lipinski definition) is 1. The quantitative estimate of drug-likeness (QED) is 0.367. The van der Waals surface area contributed by atoms with Gasteiger partial charge >= 0.3 is 0 Å². The Bertz CT molecular complexity index is 1260. The van der Waals surface area contributed by atoms with Crippen LogP contribution in [0.2, 0.25) is 0 Å². The van der Waals surface area contributed by atoms with Crippen molar-refractivity contribution in [2.24, 2.45) is 0 Å².